The van der Waals surface area contributed by atoms with Gasteiger partial charge in [0, 0.05) is 53.5 Å². The van der Waals surface area contributed by atoms with E-state index in [-0.39, 0.29) is 18.0 Å². The molecule has 1 fully saturated rings. The van der Waals surface area contributed by atoms with Gasteiger partial charge in [0.1, 0.15) is 6.54 Å². The molecule has 1 saturated heterocycles. The van der Waals surface area contributed by atoms with Crippen molar-refractivity contribution in [1.82, 2.24) is 14.7 Å². The van der Waals surface area contributed by atoms with Crippen molar-refractivity contribution in [1.29, 1.82) is 0 Å². The van der Waals surface area contributed by atoms with Gasteiger partial charge in [0.25, 0.3) is 5.56 Å². The lowest BCUT2D eigenvalue weighted by Gasteiger charge is -2.37. The Morgan fingerprint density at radius 2 is 1.61 bits per heavy atom. The van der Waals surface area contributed by atoms with Gasteiger partial charge < -0.3 is 9.80 Å². The molecule has 2 aromatic carbocycles. The number of carbonyl (C=O) groups is 1. The molecule has 0 spiro atoms. The normalized spacial score (nSPS) is 14.0. The fourth-order valence-corrected chi connectivity index (χ4v) is 3.98. The second-order valence-corrected chi connectivity index (χ2v) is 8.39. The van der Waals surface area contributed by atoms with Gasteiger partial charge >= 0.3 is 0 Å². The Hall–Kier alpha value is -2.83. The van der Waals surface area contributed by atoms with Gasteiger partial charge in [-0.25, -0.2) is 4.68 Å². The quantitative estimate of drug-likeness (QED) is 0.597. The first kappa shape index (κ1) is 21.4. The highest BCUT2D eigenvalue weighted by Gasteiger charge is 2.23. The van der Waals surface area contributed by atoms with Crippen LogP contribution in [0.1, 0.15) is 5.56 Å². The van der Waals surface area contributed by atoms with Crippen molar-refractivity contribution >= 4 is 34.8 Å². The van der Waals surface area contributed by atoms with Crippen LogP contribution in [0.2, 0.25) is 10.0 Å². The van der Waals surface area contributed by atoms with E-state index in [2.05, 4.69) is 16.9 Å². The summed E-state index contributed by atoms with van der Waals surface area (Å²) in [6, 6.07) is 16.1. The van der Waals surface area contributed by atoms with Crippen molar-refractivity contribution in [2.24, 2.45) is 0 Å². The average Bonchev–Trinajstić information content (AvgIpc) is 2.77. The molecule has 6 nitrogen and oxygen atoms in total. The summed E-state index contributed by atoms with van der Waals surface area (Å²) in [5.41, 5.74) is 3.38. The minimum atomic E-state index is -0.306. The van der Waals surface area contributed by atoms with Crippen LogP contribution in [-0.2, 0) is 11.3 Å². The number of aromatic nitrogens is 2. The van der Waals surface area contributed by atoms with Crippen molar-refractivity contribution in [3.05, 3.63) is 80.6 Å². The molecule has 1 aromatic heterocycles. The molecule has 2 heterocycles. The molecule has 1 aliphatic heterocycles. The number of hydrogen-bond donors (Lipinski definition) is 0. The molecule has 0 atom stereocenters. The van der Waals surface area contributed by atoms with Gasteiger partial charge in [-0.15, -0.1) is 0 Å². The van der Waals surface area contributed by atoms with E-state index < -0.39 is 0 Å². The SMILES string of the molecule is Cc1ccc(Cl)cc1N1CCN(C(=O)Cn2nc(-c3ccc(Cl)cc3)ccc2=O)CC1. The Kier molecular flexibility index (Phi) is 6.30. The molecule has 31 heavy (non-hydrogen) atoms. The van der Waals surface area contributed by atoms with Crippen molar-refractivity contribution in [2.45, 2.75) is 13.5 Å². The Balaban J connectivity index is 1.43. The van der Waals surface area contributed by atoms with E-state index in [1.807, 2.05) is 30.3 Å². The first-order valence-corrected chi connectivity index (χ1v) is 10.8. The van der Waals surface area contributed by atoms with E-state index in [0.717, 1.165) is 16.8 Å². The number of hydrogen-bond acceptors (Lipinski definition) is 4. The van der Waals surface area contributed by atoms with Crippen LogP contribution in [-0.4, -0.2) is 46.8 Å². The predicted octanol–water partition coefficient (Wildman–Crippen LogP) is 3.87. The highest BCUT2D eigenvalue weighted by Crippen LogP contribution is 2.25. The van der Waals surface area contributed by atoms with E-state index in [1.165, 1.54) is 10.7 Å². The van der Waals surface area contributed by atoms with Gasteiger partial charge in [-0.2, -0.15) is 5.10 Å². The number of carbonyl (C=O) groups excluding carboxylic acids is 1. The van der Waals surface area contributed by atoms with Gasteiger partial charge in [0.2, 0.25) is 5.91 Å². The van der Waals surface area contributed by atoms with Gasteiger partial charge in [-0.3, -0.25) is 9.59 Å². The Morgan fingerprint density at radius 1 is 0.935 bits per heavy atom. The summed E-state index contributed by atoms with van der Waals surface area (Å²) in [5, 5.41) is 5.70. The fourth-order valence-electron chi connectivity index (χ4n) is 3.68. The largest absolute Gasteiger partial charge is 0.368 e. The molecule has 0 aliphatic carbocycles. The Bertz CT molecular complexity index is 1150. The molecule has 3 aromatic rings. The minimum absolute atomic E-state index is 0.0868. The lowest BCUT2D eigenvalue weighted by atomic mass is 10.1. The van der Waals surface area contributed by atoms with Crippen LogP contribution in [0.4, 0.5) is 5.69 Å². The van der Waals surface area contributed by atoms with Gasteiger partial charge in [0.15, 0.2) is 0 Å². The predicted molar refractivity (Wildman–Crippen MR) is 124 cm³/mol. The average molecular weight is 457 g/mol. The maximum Gasteiger partial charge on any atom is 0.267 e. The van der Waals surface area contributed by atoms with E-state index in [4.69, 9.17) is 23.2 Å². The summed E-state index contributed by atoms with van der Waals surface area (Å²) in [6.07, 6.45) is 0. The molecule has 0 N–H and O–H groups in total. The molecule has 1 aliphatic rings. The zero-order chi connectivity index (χ0) is 22.0. The van der Waals surface area contributed by atoms with Gasteiger partial charge in [-0.05, 0) is 42.8 Å². The minimum Gasteiger partial charge on any atom is -0.368 e. The standard InChI is InChI=1S/C23H22Cl2N4O2/c1-16-2-5-19(25)14-21(16)27-10-12-28(13-11-27)23(31)15-29-22(30)9-8-20(26-29)17-3-6-18(24)7-4-17/h2-9,14H,10-13,15H2,1H3. The zero-order valence-electron chi connectivity index (χ0n) is 17.1. The molecular weight excluding hydrogens is 435 g/mol. The number of amides is 1. The monoisotopic (exact) mass is 456 g/mol. The third-order valence-corrected chi connectivity index (χ3v) is 5.92. The second-order valence-electron chi connectivity index (χ2n) is 7.52. The highest BCUT2D eigenvalue weighted by molar-refractivity contribution is 6.31. The summed E-state index contributed by atoms with van der Waals surface area (Å²) < 4.78 is 1.22. The summed E-state index contributed by atoms with van der Waals surface area (Å²) >= 11 is 12.1. The zero-order valence-corrected chi connectivity index (χ0v) is 18.6. The molecule has 0 radical (unpaired) electrons. The van der Waals surface area contributed by atoms with Crippen molar-refractivity contribution in [3.63, 3.8) is 0 Å². The first-order chi connectivity index (χ1) is 14.9. The first-order valence-electron chi connectivity index (χ1n) is 10.0. The van der Waals surface area contributed by atoms with Crippen LogP contribution in [0.15, 0.2) is 59.4 Å². The van der Waals surface area contributed by atoms with Crippen LogP contribution in [0.5, 0.6) is 0 Å². The number of aryl methyl sites for hydroxylation is 1. The summed E-state index contributed by atoms with van der Waals surface area (Å²) in [4.78, 5) is 29.1. The number of piperazine rings is 1. The van der Waals surface area contributed by atoms with Crippen LogP contribution in [0, 0.1) is 6.92 Å². The van der Waals surface area contributed by atoms with E-state index in [9.17, 15) is 9.59 Å². The van der Waals surface area contributed by atoms with Crippen molar-refractivity contribution < 1.29 is 4.79 Å². The third kappa shape index (κ3) is 4.92. The maximum atomic E-state index is 12.8. The summed E-state index contributed by atoms with van der Waals surface area (Å²) in [5.74, 6) is -0.120. The van der Waals surface area contributed by atoms with Crippen molar-refractivity contribution in [3.8, 4) is 11.3 Å². The summed E-state index contributed by atoms with van der Waals surface area (Å²) in [7, 11) is 0. The van der Waals surface area contributed by atoms with E-state index in [1.54, 1.807) is 23.1 Å². The molecule has 0 unspecified atom stereocenters. The smallest absolute Gasteiger partial charge is 0.267 e. The molecule has 4 rings (SSSR count). The van der Waals surface area contributed by atoms with Gasteiger partial charge in [-0.1, -0.05) is 41.4 Å². The lowest BCUT2D eigenvalue weighted by Crippen LogP contribution is -2.50. The summed E-state index contributed by atoms with van der Waals surface area (Å²) in [6.45, 7) is 4.54. The van der Waals surface area contributed by atoms with Crippen molar-refractivity contribution in [2.75, 3.05) is 31.1 Å². The second kappa shape index (κ2) is 9.12. The molecule has 0 saturated carbocycles. The fraction of sp³-hybridized carbons (Fsp3) is 0.261. The molecule has 160 valence electrons. The molecule has 8 heteroatoms. The molecule has 0 bridgehead atoms. The highest BCUT2D eigenvalue weighted by atomic mass is 35.5. The molecular formula is C23H22Cl2N4O2. The number of benzene rings is 2. The maximum absolute atomic E-state index is 12.8. The number of anilines is 1. The lowest BCUT2D eigenvalue weighted by molar-refractivity contribution is -0.132. The number of nitrogens with zero attached hydrogens (tertiary/aromatic N) is 4. The van der Waals surface area contributed by atoms with E-state index in [0.29, 0.717) is 41.9 Å². The van der Waals surface area contributed by atoms with Gasteiger partial charge in [0.05, 0.1) is 5.69 Å². The number of halogens is 2. The topological polar surface area (TPSA) is 58.4 Å². The van der Waals surface area contributed by atoms with Crippen LogP contribution in [0.3, 0.4) is 0 Å². The molecule has 1 amide bonds. The van der Waals surface area contributed by atoms with E-state index >= 15 is 0 Å². The van der Waals surface area contributed by atoms with Crippen LogP contribution < -0.4 is 10.5 Å². The van der Waals surface area contributed by atoms with Crippen LogP contribution in [0.25, 0.3) is 11.3 Å². The Morgan fingerprint density at radius 3 is 2.32 bits per heavy atom. The van der Waals surface area contributed by atoms with Crippen LogP contribution >= 0.6 is 23.2 Å². The number of rotatable bonds is 4. The Labute approximate surface area is 190 Å². The third-order valence-electron chi connectivity index (χ3n) is 5.44.